The largest absolute Gasteiger partial charge is 0.469 e. The molecule has 0 aromatic heterocycles. The van der Waals surface area contributed by atoms with Crippen LogP contribution in [-0.4, -0.2) is 45.9 Å². The summed E-state index contributed by atoms with van der Waals surface area (Å²) < 4.78 is 31.4. The number of nitrogens with one attached hydrogen (secondary N) is 1. The third-order valence-corrected chi connectivity index (χ3v) is 3.85. The third kappa shape index (κ3) is 7.30. The lowest BCUT2D eigenvalue weighted by Crippen LogP contribution is -2.39. The lowest BCUT2D eigenvalue weighted by atomic mass is 10.1. The van der Waals surface area contributed by atoms with E-state index < -0.39 is 16.2 Å². The van der Waals surface area contributed by atoms with Crippen LogP contribution in [0.1, 0.15) is 26.7 Å². The van der Waals surface area contributed by atoms with E-state index >= 15 is 0 Å². The molecule has 0 aromatic rings. The first kappa shape index (κ1) is 16.3. The zero-order valence-corrected chi connectivity index (χ0v) is 11.7. The molecule has 0 rings (SSSR count). The predicted octanol–water partition coefficient (Wildman–Crippen LogP) is 0.362. The van der Waals surface area contributed by atoms with Gasteiger partial charge in [0.2, 0.25) is 0 Å². The molecule has 7 heteroatoms. The molecular weight excluding hydrogens is 244 g/mol. The number of hydrogen-bond acceptors (Lipinski definition) is 4. The fraction of sp³-hybridized carbons (Fsp3) is 0.900. The molecule has 0 spiro atoms. The summed E-state index contributed by atoms with van der Waals surface area (Å²) in [6.07, 6.45) is 0.835. The number of rotatable bonds is 8. The van der Waals surface area contributed by atoms with Crippen LogP contribution < -0.4 is 4.72 Å². The number of carbonyl (C=O) groups is 1. The van der Waals surface area contributed by atoms with Crippen LogP contribution in [0.25, 0.3) is 0 Å². The molecule has 0 bridgehead atoms. The van der Waals surface area contributed by atoms with Crippen LogP contribution in [0.15, 0.2) is 0 Å². The molecule has 0 saturated carbocycles. The Labute approximate surface area is 104 Å². The molecule has 0 aliphatic rings. The van der Waals surface area contributed by atoms with Gasteiger partial charge in [-0.3, -0.25) is 4.79 Å². The highest BCUT2D eigenvalue weighted by Crippen LogP contribution is 2.00. The average Bonchev–Trinajstić information content (AvgIpc) is 2.24. The molecule has 0 aliphatic heterocycles. The second-order valence-electron chi connectivity index (χ2n) is 4.23. The van der Waals surface area contributed by atoms with E-state index in [0.717, 1.165) is 10.7 Å². The van der Waals surface area contributed by atoms with Gasteiger partial charge in [-0.05, 0) is 12.3 Å². The van der Waals surface area contributed by atoms with Crippen LogP contribution in [0.5, 0.6) is 0 Å². The molecule has 0 atom stereocenters. The third-order valence-electron chi connectivity index (χ3n) is 2.27. The van der Waals surface area contributed by atoms with Crippen molar-refractivity contribution in [2.75, 3.05) is 27.2 Å². The van der Waals surface area contributed by atoms with Crippen LogP contribution in [-0.2, 0) is 19.7 Å². The van der Waals surface area contributed by atoms with Crippen molar-refractivity contribution in [2.24, 2.45) is 5.92 Å². The fourth-order valence-corrected chi connectivity index (χ4v) is 1.99. The fourth-order valence-electron chi connectivity index (χ4n) is 1.06. The zero-order valence-electron chi connectivity index (χ0n) is 10.9. The van der Waals surface area contributed by atoms with E-state index in [0.29, 0.717) is 12.5 Å². The Bertz CT molecular complexity index is 327. The Morgan fingerprint density at radius 3 is 2.47 bits per heavy atom. The maximum atomic E-state index is 11.7. The van der Waals surface area contributed by atoms with E-state index in [-0.39, 0.29) is 13.0 Å². The normalized spacial score (nSPS) is 12.1. The molecule has 0 aliphatic carbocycles. The predicted molar refractivity (Wildman–Crippen MR) is 65.6 cm³/mol. The van der Waals surface area contributed by atoms with Gasteiger partial charge < -0.3 is 4.74 Å². The van der Waals surface area contributed by atoms with Gasteiger partial charge in [0.15, 0.2) is 0 Å². The smallest absolute Gasteiger partial charge is 0.306 e. The van der Waals surface area contributed by atoms with Gasteiger partial charge in [-0.15, -0.1) is 0 Å². The lowest BCUT2D eigenvalue weighted by Gasteiger charge is -2.17. The van der Waals surface area contributed by atoms with Gasteiger partial charge in [0.05, 0.1) is 13.5 Å². The molecule has 0 amide bonds. The second-order valence-corrected chi connectivity index (χ2v) is 6.09. The van der Waals surface area contributed by atoms with Gasteiger partial charge in [-0.1, -0.05) is 13.8 Å². The minimum Gasteiger partial charge on any atom is -0.469 e. The average molecular weight is 266 g/mol. The van der Waals surface area contributed by atoms with Crippen molar-refractivity contribution < 1.29 is 17.9 Å². The minimum atomic E-state index is -3.48. The number of nitrogens with zero attached hydrogens (tertiary/aromatic N) is 1. The number of hydrogen-bond donors (Lipinski definition) is 1. The van der Waals surface area contributed by atoms with E-state index in [4.69, 9.17) is 0 Å². The summed E-state index contributed by atoms with van der Waals surface area (Å²) in [6, 6.07) is 0. The second kappa shape index (κ2) is 7.62. The number of ether oxygens (including phenoxy) is 1. The highest BCUT2D eigenvalue weighted by atomic mass is 32.2. The maximum Gasteiger partial charge on any atom is 0.306 e. The number of esters is 1. The van der Waals surface area contributed by atoms with E-state index in [9.17, 15) is 13.2 Å². The van der Waals surface area contributed by atoms with Gasteiger partial charge in [0.1, 0.15) is 0 Å². The summed E-state index contributed by atoms with van der Waals surface area (Å²) in [5.74, 6) is 0.0207. The summed E-state index contributed by atoms with van der Waals surface area (Å²) in [7, 11) is -0.778. The molecule has 0 unspecified atom stereocenters. The first-order valence-electron chi connectivity index (χ1n) is 5.57. The van der Waals surface area contributed by atoms with Crippen LogP contribution in [0, 0.1) is 5.92 Å². The Morgan fingerprint density at radius 2 is 2.00 bits per heavy atom. The molecule has 6 nitrogen and oxygen atoms in total. The van der Waals surface area contributed by atoms with Crippen LogP contribution in [0.3, 0.4) is 0 Å². The first-order chi connectivity index (χ1) is 7.79. The maximum absolute atomic E-state index is 11.7. The van der Waals surface area contributed by atoms with Crippen molar-refractivity contribution in [1.29, 1.82) is 0 Å². The molecule has 102 valence electrons. The van der Waals surface area contributed by atoms with E-state index in [1.165, 1.54) is 14.2 Å². The number of methoxy groups -OCH3 is 1. The number of carbonyl (C=O) groups excluding carboxylic acids is 1. The molecule has 17 heavy (non-hydrogen) atoms. The highest BCUT2D eigenvalue weighted by molar-refractivity contribution is 7.87. The topological polar surface area (TPSA) is 75.7 Å². The zero-order chi connectivity index (χ0) is 13.5. The monoisotopic (exact) mass is 266 g/mol. The van der Waals surface area contributed by atoms with Crippen LogP contribution in [0.2, 0.25) is 0 Å². The quantitative estimate of drug-likeness (QED) is 0.644. The van der Waals surface area contributed by atoms with Crippen molar-refractivity contribution in [3.05, 3.63) is 0 Å². The van der Waals surface area contributed by atoms with Gasteiger partial charge in [0.25, 0.3) is 10.2 Å². The highest BCUT2D eigenvalue weighted by Gasteiger charge is 2.17. The van der Waals surface area contributed by atoms with Gasteiger partial charge in [-0.25, -0.2) is 4.72 Å². The summed E-state index contributed by atoms with van der Waals surface area (Å²) in [5.41, 5.74) is 0. The van der Waals surface area contributed by atoms with Gasteiger partial charge in [0, 0.05) is 20.1 Å². The van der Waals surface area contributed by atoms with Crippen molar-refractivity contribution in [3.63, 3.8) is 0 Å². The SMILES string of the molecule is COC(=O)CCN(C)S(=O)(=O)NCCC(C)C. The van der Waals surface area contributed by atoms with E-state index in [1.54, 1.807) is 0 Å². The summed E-state index contributed by atoms with van der Waals surface area (Å²) in [5, 5.41) is 0. The molecule has 0 heterocycles. The van der Waals surface area contributed by atoms with Crippen molar-refractivity contribution in [1.82, 2.24) is 9.03 Å². The minimum absolute atomic E-state index is 0.0537. The Morgan fingerprint density at radius 1 is 1.41 bits per heavy atom. The van der Waals surface area contributed by atoms with E-state index in [1.807, 2.05) is 13.8 Å². The summed E-state index contributed by atoms with van der Waals surface area (Å²) >= 11 is 0. The molecule has 0 radical (unpaired) electrons. The first-order valence-corrected chi connectivity index (χ1v) is 7.01. The molecular formula is C10H22N2O4S. The lowest BCUT2D eigenvalue weighted by molar-refractivity contribution is -0.140. The Kier molecular flexibility index (Phi) is 7.33. The van der Waals surface area contributed by atoms with Crippen LogP contribution >= 0.6 is 0 Å². The van der Waals surface area contributed by atoms with Gasteiger partial charge >= 0.3 is 5.97 Å². The van der Waals surface area contributed by atoms with Crippen molar-refractivity contribution in [2.45, 2.75) is 26.7 Å². The standard InChI is InChI=1S/C10H22N2O4S/c1-9(2)5-7-11-17(14,15)12(3)8-6-10(13)16-4/h9,11H,5-8H2,1-4H3. The molecule has 0 aromatic carbocycles. The van der Waals surface area contributed by atoms with Crippen molar-refractivity contribution in [3.8, 4) is 0 Å². The molecule has 0 fully saturated rings. The van der Waals surface area contributed by atoms with Gasteiger partial charge in [-0.2, -0.15) is 12.7 Å². The van der Waals surface area contributed by atoms with Crippen LogP contribution in [0.4, 0.5) is 0 Å². The van der Waals surface area contributed by atoms with E-state index in [2.05, 4.69) is 9.46 Å². The molecule has 0 saturated heterocycles. The summed E-state index contributed by atoms with van der Waals surface area (Å²) in [4.78, 5) is 10.9. The van der Waals surface area contributed by atoms with Crippen molar-refractivity contribution >= 4 is 16.2 Å². The summed E-state index contributed by atoms with van der Waals surface area (Å²) in [6.45, 7) is 4.57. The molecule has 1 N–H and O–H groups in total. The Hall–Kier alpha value is -0.660. The Balaban J connectivity index is 4.07.